The first-order chi connectivity index (χ1) is 23.1. The molecule has 3 aliphatic rings. The maximum absolute atomic E-state index is 12.5. The lowest BCUT2D eigenvalue weighted by molar-refractivity contribution is -0.111. The molecular weight excluding hydrogens is 594 g/mol. The molecule has 11 nitrogen and oxygen atoms in total. The van der Waals surface area contributed by atoms with Gasteiger partial charge in [0, 0.05) is 50.8 Å². The van der Waals surface area contributed by atoms with Gasteiger partial charge in [-0.3, -0.25) is 14.5 Å². The zero-order valence-corrected chi connectivity index (χ0v) is 26.5. The van der Waals surface area contributed by atoms with E-state index in [1.54, 1.807) is 7.11 Å². The van der Waals surface area contributed by atoms with Crippen LogP contribution in [0.3, 0.4) is 0 Å². The topological polar surface area (TPSA) is 104 Å². The summed E-state index contributed by atoms with van der Waals surface area (Å²) in [6.07, 6.45) is 6.16. The fourth-order valence-electron chi connectivity index (χ4n) is 6.23. The maximum Gasteiger partial charge on any atom is 0.247 e. The first-order valence-electron chi connectivity index (χ1n) is 16.1. The SMILES string of the molecule is C=CC(=O)Nc1cc(Nc2cc(N3OCC[C@@H]3c3cccc(Oc4ccccc4)c3)ncn2)c(OC)cc1N1CCN(C2CC2)CC1. The largest absolute Gasteiger partial charge is 0.494 e. The van der Waals surface area contributed by atoms with Gasteiger partial charge in [0.25, 0.3) is 0 Å². The normalized spacial score (nSPS) is 18.1. The van der Waals surface area contributed by atoms with Gasteiger partial charge in [0.15, 0.2) is 5.82 Å². The van der Waals surface area contributed by atoms with Crippen LogP contribution in [0.25, 0.3) is 0 Å². The number of hydrogen-bond acceptors (Lipinski definition) is 10. The number of hydrogen-bond donors (Lipinski definition) is 2. The standard InChI is InChI=1S/C36H39N7O4/c1-3-36(44)40-29-21-30(33(45-2)22-32(29)42-17-15-41(16-18-42)26-12-13-26)39-34-23-35(38-24-37-34)43-31(14-19-46-43)25-8-7-11-28(20-25)47-27-9-5-4-6-10-27/h3-11,20-24,26,31H,1,12-19H2,2H3,(H,40,44)(H,37,38,39)/t31-/m1/s1. The monoisotopic (exact) mass is 633 g/mol. The number of rotatable bonds is 11. The Bertz CT molecular complexity index is 1720. The van der Waals surface area contributed by atoms with Crippen LogP contribution in [-0.4, -0.2) is 66.7 Å². The molecule has 242 valence electrons. The molecule has 0 bridgehead atoms. The average Bonchev–Trinajstić information content (AvgIpc) is 3.84. The summed E-state index contributed by atoms with van der Waals surface area (Å²) < 4.78 is 11.9. The molecule has 2 saturated heterocycles. The smallest absolute Gasteiger partial charge is 0.247 e. The summed E-state index contributed by atoms with van der Waals surface area (Å²) in [6, 6.07) is 24.1. The van der Waals surface area contributed by atoms with Crippen molar-refractivity contribution in [2.45, 2.75) is 31.3 Å². The van der Waals surface area contributed by atoms with Crippen molar-refractivity contribution in [1.29, 1.82) is 0 Å². The third-order valence-electron chi connectivity index (χ3n) is 8.75. The van der Waals surface area contributed by atoms with Crippen molar-refractivity contribution in [1.82, 2.24) is 14.9 Å². The third-order valence-corrected chi connectivity index (χ3v) is 8.75. The Hall–Kier alpha value is -5.13. The lowest BCUT2D eigenvalue weighted by atomic mass is 10.0. The Kier molecular flexibility index (Phi) is 8.89. The maximum atomic E-state index is 12.5. The second-order valence-electron chi connectivity index (χ2n) is 11.9. The number of carbonyl (C=O) groups is 1. The number of amides is 1. The van der Waals surface area contributed by atoms with E-state index in [-0.39, 0.29) is 11.9 Å². The van der Waals surface area contributed by atoms with Crippen LogP contribution in [0.15, 0.2) is 91.8 Å². The molecule has 1 amide bonds. The highest BCUT2D eigenvalue weighted by atomic mass is 16.7. The predicted molar refractivity (Wildman–Crippen MR) is 183 cm³/mol. The number of carbonyl (C=O) groups excluding carboxylic acids is 1. The number of nitrogens with one attached hydrogen (secondary N) is 2. The molecule has 11 heteroatoms. The molecule has 3 heterocycles. The van der Waals surface area contributed by atoms with Crippen LogP contribution in [-0.2, 0) is 9.63 Å². The molecule has 7 rings (SSSR count). The minimum absolute atomic E-state index is 0.0630. The third kappa shape index (κ3) is 7.01. The molecule has 47 heavy (non-hydrogen) atoms. The molecule has 1 saturated carbocycles. The number of nitrogens with zero attached hydrogens (tertiary/aromatic N) is 5. The van der Waals surface area contributed by atoms with Crippen molar-refractivity contribution in [2.24, 2.45) is 0 Å². The molecule has 0 unspecified atom stereocenters. The van der Waals surface area contributed by atoms with Gasteiger partial charge in [-0.15, -0.1) is 0 Å². The number of hydroxylamine groups is 1. The predicted octanol–water partition coefficient (Wildman–Crippen LogP) is 6.31. The number of para-hydroxylation sites is 1. The summed E-state index contributed by atoms with van der Waals surface area (Å²) in [7, 11) is 1.64. The van der Waals surface area contributed by atoms with E-state index in [9.17, 15) is 4.79 Å². The van der Waals surface area contributed by atoms with Gasteiger partial charge in [-0.1, -0.05) is 36.9 Å². The van der Waals surface area contributed by atoms with Gasteiger partial charge < -0.3 is 25.0 Å². The van der Waals surface area contributed by atoms with Crippen LogP contribution in [0.1, 0.15) is 30.9 Å². The Labute approximate surface area is 274 Å². The number of anilines is 5. The van der Waals surface area contributed by atoms with Crippen LogP contribution in [0.5, 0.6) is 17.2 Å². The molecule has 2 N–H and O–H groups in total. The van der Waals surface area contributed by atoms with Crippen LogP contribution < -0.4 is 30.1 Å². The number of aromatic nitrogens is 2. The first-order valence-corrected chi connectivity index (χ1v) is 16.1. The summed E-state index contributed by atoms with van der Waals surface area (Å²) in [4.78, 5) is 32.5. The molecule has 0 spiro atoms. The average molecular weight is 634 g/mol. The lowest BCUT2D eigenvalue weighted by Crippen LogP contribution is -2.47. The van der Waals surface area contributed by atoms with Crippen LogP contribution in [0.2, 0.25) is 0 Å². The molecule has 3 aromatic carbocycles. The zero-order valence-electron chi connectivity index (χ0n) is 26.5. The van der Waals surface area contributed by atoms with Crippen molar-refractivity contribution in [3.63, 3.8) is 0 Å². The number of benzene rings is 3. The molecule has 3 fully saturated rings. The van der Waals surface area contributed by atoms with Crippen molar-refractivity contribution in [2.75, 3.05) is 60.5 Å². The molecule has 2 aliphatic heterocycles. The summed E-state index contributed by atoms with van der Waals surface area (Å²) >= 11 is 0. The van der Waals surface area contributed by atoms with Gasteiger partial charge in [-0.05, 0) is 54.8 Å². The van der Waals surface area contributed by atoms with E-state index in [4.69, 9.17) is 14.3 Å². The van der Waals surface area contributed by atoms with Crippen LogP contribution in [0, 0.1) is 0 Å². The molecule has 1 atom stereocenters. The zero-order chi connectivity index (χ0) is 32.2. The van der Waals surface area contributed by atoms with Gasteiger partial charge >= 0.3 is 0 Å². The Morgan fingerprint density at radius 1 is 0.936 bits per heavy atom. The van der Waals surface area contributed by atoms with E-state index in [1.807, 2.05) is 71.8 Å². The van der Waals surface area contributed by atoms with E-state index in [1.165, 1.54) is 25.2 Å². The Balaban J connectivity index is 1.12. The van der Waals surface area contributed by atoms with Crippen LogP contribution >= 0.6 is 0 Å². The van der Waals surface area contributed by atoms with Crippen molar-refractivity contribution in [3.8, 4) is 17.2 Å². The highest BCUT2D eigenvalue weighted by Crippen LogP contribution is 2.41. The quantitative estimate of drug-likeness (QED) is 0.183. The van der Waals surface area contributed by atoms with E-state index in [0.29, 0.717) is 35.4 Å². The van der Waals surface area contributed by atoms with Crippen molar-refractivity contribution < 1.29 is 19.1 Å². The van der Waals surface area contributed by atoms with E-state index >= 15 is 0 Å². The highest BCUT2D eigenvalue weighted by Gasteiger charge is 2.32. The fraction of sp³-hybridized carbons (Fsp3) is 0.306. The molecule has 1 aromatic heterocycles. The molecule has 4 aromatic rings. The second-order valence-corrected chi connectivity index (χ2v) is 11.9. The van der Waals surface area contributed by atoms with Gasteiger partial charge in [0.1, 0.15) is 29.4 Å². The second kappa shape index (κ2) is 13.7. The first kappa shape index (κ1) is 30.5. The summed E-state index contributed by atoms with van der Waals surface area (Å²) in [5.41, 5.74) is 3.30. The van der Waals surface area contributed by atoms with Gasteiger partial charge in [0.05, 0.1) is 36.8 Å². The Morgan fingerprint density at radius 2 is 1.74 bits per heavy atom. The van der Waals surface area contributed by atoms with E-state index in [2.05, 4.69) is 43.0 Å². The minimum Gasteiger partial charge on any atom is -0.494 e. The van der Waals surface area contributed by atoms with Crippen molar-refractivity contribution in [3.05, 3.63) is 97.3 Å². The Morgan fingerprint density at radius 3 is 2.51 bits per heavy atom. The highest BCUT2D eigenvalue weighted by molar-refractivity contribution is 6.02. The van der Waals surface area contributed by atoms with Gasteiger partial charge in [-0.2, -0.15) is 0 Å². The number of methoxy groups -OCH3 is 1. The summed E-state index contributed by atoms with van der Waals surface area (Å²) in [6.45, 7) is 7.93. The van der Waals surface area contributed by atoms with E-state index in [0.717, 1.165) is 61.4 Å². The lowest BCUT2D eigenvalue weighted by Gasteiger charge is -2.37. The molecule has 0 radical (unpaired) electrons. The van der Waals surface area contributed by atoms with E-state index < -0.39 is 0 Å². The van der Waals surface area contributed by atoms with Crippen molar-refractivity contribution >= 4 is 34.6 Å². The minimum atomic E-state index is -0.279. The summed E-state index contributed by atoms with van der Waals surface area (Å²) in [5.74, 6) is 3.05. The van der Waals surface area contributed by atoms with Crippen LogP contribution in [0.4, 0.5) is 28.7 Å². The fourth-order valence-corrected chi connectivity index (χ4v) is 6.23. The molecular formula is C36H39N7O4. The molecule has 1 aliphatic carbocycles. The number of piperazine rings is 1. The number of ether oxygens (including phenoxy) is 2. The van der Waals surface area contributed by atoms with Gasteiger partial charge in [0.2, 0.25) is 5.91 Å². The van der Waals surface area contributed by atoms with Gasteiger partial charge in [-0.25, -0.2) is 15.0 Å². The summed E-state index contributed by atoms with van der Waals surface area (Å²) in [5, 5.41) is 8.22.